The molecule has 4 fully saturated rings. The summed E-state index contributed by atoms with van der Waals surface area (Å²) in [4.78, 5) is 0. The lowest BCUT2D eigenvalue weighted by Crippen LogP contribution is -2.56. The van der Waals surface area contributed by atoms with Crippen LogP contribution < -0.4 is 0 Å². The molecule has 4 saturated carbocycles. The molecule has 0 aromatic carbocycles. The predicted octanol–water partition coefficient (Wildman–Crippen LogP) is 4.39. The van der Waals surface area contributed by atoms with Crippen molar-refractivity contribution in [1.82, 2.24) is 0 Å². The molecular formula is C21H36O2. The van der Waals surface area contributed by atoms with Crippen LogP contribution in [0.1, 0.15) is 78.6 Å². The van der Waals surface area contributed by atoms with Gasteiger partial charge in [0.2, 0.25) is 0 Å². The van der Waals surface area contributed by atoms with Gasteiger partial charge in [0, 0.05) is 5.41 Å². The van der Waals surface area contributed by atoms with Gasteiger partial charge in [0.1, 0.15) is 0 Å². The summed E-state index contributed by atoms with van der Waals surface area (Å²) in [5.74, 6) is 3.77. The molecule has 0 heterocycles. The van der Waals surface area contributed by atoms with Crippen molar-refractivity contribution in [2.24, 2.45) is 40.4 Å². The van der Waals surface area contributed by atoms with Gasteiger partial charge in [-0.3, -0.25) is 0 Å². The summed E-state index contributed by atoms with van der Waals surface area (Å²) in [5.41, 5.74) is 0.664. The largest absolute Gasteiger partial charge is 0.393 e. The lowest BCUT2D eigenvalue weighted by molar-refractivity contribution is -0.150. The molecule has 0 aromatic rings. The molecule has 0 aliphatic heterocycles. The zero-order valence-corrected chi connectivity index (χ0v) is 15.3. The molecule has 0 aromatic heterocycles. The molecule has 8 atom stereocenters. The van der Waals surface area contributed by atoms with Gasteiger partial charge in [-0.25, -0.2) is 0 Å². The van der Waals surface area contributed by atoms with Crippen LogP contribution in [0.4, 0.5) is 0 Å². The number of aliphatic hydroxyl groups is 2. The van der Waals surface area contributed by atoms with Crippen molar-refractivity contribution in [3.63, 3.8) is 0 Å². The molecule has 0 spiro atoms. The summed E-state index contributed by atoms with van der Waals surface area (Å²) in [6, 6.07) is 0. The first-order chi connectivity index (χ1) is 10.9. The van der Waals surface area contributed by atoms with Gasteiger partial charge in [-0.1, -0.05) is 20.8 Å². The predicted molar refractivity (Wildman–Crippen MR) is 92.9 cm³/mol. The average molecular weight is 321 g/mol. The fraction of sp³-hybridized carbons (Fsp3) is 1.00. The Bertz CT molecular complexity index is 461. The normalized spacial score (nSPS) is 56.1. The van der Waals surface area contributed by atoms with Gasteiger partial charge in [-0.15, -0.1) is 0 Å². The van der Waals surface area contributed by atoms with E-state index < -0.39 is 0 Å². The Morgan fingerprint density at radius 3 is 2.39 bits per heavy atom. The summed E-state index contributed by atoms with van der Waals surface area (Å²) in [6.07, 6.45) is 10.7. The third-order valence-corrected chi connectivity index (χ3v) is 9.26. The lowest BCUT2D eigenvalue weighted by atomic mass is 9.43. The number of hydrogen-bond donors (Lipinski definition) is 2. The molecule has 0 saturated heterocycles. The monoisotopic (exact) mass is 320 g/mol. The van der Waals surface area contributed by atoms with E-state index in [2.05, 4.69) is 20.8 Å². The van der Waals surface area contributed by atoms with Crippen LogP contribution in [0.3, 0.4) is 0 Å². The lowest BCUT2D eigenvalue weighted by Gasteiger charge is -2.62. The summed E-state index contributed by atoms with van der Waals surface area (Å²) >= 11 is 0. The number of hydrogen-bond acceptors (Lipinski definition) is 2. The second-order valence-electron chi connectivity index (χ2n) is 9.98. The van der Waals surface area contributed by atoms with Crippen LogP contribution in [-0.2, 0) is 0 Å². The van der Waals surface area contributed by atoms with Crippen LogP contribution in [0.5, 0.6) is 0 Å². The van der Waals surface area contributed by atoms with Crippen LogP contribution >= 0.6 is 0 Å². The number of fused-ring (bicyclic) bond motifs is 5. The van der Waals surface area contributed by atoms with Crippen molar-refractivity contribution < 1.29 is 10.2 Å². The highest BCUT2D eigenvalue weighted by Gasteiger charge is 2.62. The Kier molecular flexibility index (Phi) is 3.89. The maximum atomic E-state index is 10.8. The highest BCUT2D eigenvalue weighted by atomic mass is 16.3. The van der Waals surface area contributed by atoms with Gasteiger partial charge in [-0.05, 0) is 92.8 Å². The van der Waals surface area contributed by atoms with Gasteiger partial charge in [-0.2, -0.15) is 0 Å². The summed E-state index contributed by atoms with van der Waals surface area (Å²) in [5, 5.41) is 21.0. The Labute approximate surface area is 142 Å². The highest BCUT2D eigenvalue weighted by Crippen LogP contribution is 2.67. The first-order valence-electron chi connectivity index (χ1n) is 10.3. The van der Waals surface area contributed by atoms with E-state index in [1.54, 1.807) is 0 Å². The summed E-state index contributed by atoms with van der Waals surface area (Å²) in [7, 11) is 0. The topological polar surface area (TPSA) is 40.5 Å². The Morgan fingerprint density at radius 1 is 0.870 bits per heavy atom. The van der Waals surface area contributed by atoms with Crippen molar-refractivity contribution in [1.29, 1.82) is 0 Å². The van der Waals surface area contributed by atoms with Crippen LogP contribution in [-0.4, -0.2) is 22.4 Å². The quantitative estimate of drug-likeness (QED) is 0.752. The van der Waals surface area contributed by atoms with E-state index in [0.29, 0.717) is 11.3 Å². The van der Waals surface area contributed by atoms with Gasteiger partial charge in [0.05, 0.1) is 12.2 Å². The first-order valence-corrected chi connectivity index (χ1v) is 10.3. The molecule has 23 heavy (non-hydrogen) atoms. The van der Waals surface area contributed by atoms with Crippen molar-refractivity contribution in [2.75, 3.05) is 0 Å². The Balaban J connectivity index is 1.65. The number of aliphatic hydroxyl groups excluding tert-OH is 2. The molecule has 132 valence electrons. The molecule has 2 heteroatoms. The van der Waals surface area contributed by atoms with Gasteiger partial charge < -0.3 is 10.2 Å². The van der Waals surface area contributed by atoms with E-state index in [9.17, 15) is 10.2 Å². The average Bonchev–Trinajstić information content (AvgIpc) is 2.86. The van der Waals surface area contributed by atoms with Gasteiger partial charge in [0.15, 0.2) is 0 Å². The molecular weight excluding hydrogens is 284 g/mol. The molecule has 0 amide bonds. The van der Waals surface area contributed by atoms with Crippen molar-refractivity contribution in [2.45, 2.75) is 90.8 Å². The smallest absolute Gasteiger partial charge is 0.0601 e. The third-order valence-electron chi connectivity index (χ3n) is 9.26. The maximum absolute atomic E-state index is 10.8. The van der Waals surface area contributed by atoms with E-state index in [0.717, 1.165) is 42.9 Å². The fourth-order valence-corrected chi connectivity index (χ4v) is 8.04. The molecule has 2 nitrogen and oxygen atoms in total. The first kappa shape index (κ1) is 16.4. The minimum Gasteiger partial charge on any atom is -0.393 e. The van der Waals surface area contributed by atoms with E-state index in [-0.39, 0.29) is 17.6 Å². The van der Waals surface area contributed by atoms with Gasteiger partial charge >= 0.3 is 0 Å². The highest BCUT2D eigenvalue weighted by molar-refractivity contribution is 5.11. The SMILES string of the molecule is CC(C)[C@]12CC[C@H]3[C@@H](CC[C@H]4CC(O)CC[C@@]43C)[C@@H]1CC[C@@H]2O. The molecule has 0 radical (unpaired) electrons. The minimum absolute atomic E-state index is 0.0451. The van der Waals surface area contributed by atoms with Crippen LogP contribution in [0.15, 0.2) is 0 Å². The Hall–Kier alpha value is -0.0800. The van der Waals surface area contributed by atoms with Crippen LogP contribution in [0, 0.1) is 40.4 Å². The van der Waals surface area contributed by atoms with E-state index in [1.165, 1.54) is 38.5 Å². The zero-order valence-electron chi connectivity index (χ0n) is 15.3. The number of rotatable bonds is 1. The van der Waals surface area contributed by atoms with Gasteiger partial charge in [0.25, 0.3) is 0 Å². The Morgan fingerprint density at radius 2 is 1.65 bits per heavy atom. The van der Waals surface area contributed by atoms with Crippen LogP contribution in [0.2, 0.25) is 0 Å². The molecule has 4 aliphatic carbocycles. The van der Waals surface area contributed by atoms with Crippen molar-refractivity contribution >= 4 is 0 Å². The molecule has 4 rings (SSSR count). The second kappa shape index (κ2) is 5.46. The molecule has 4 aliphatic rings. The zero-order chi connectivity index (χ0) is 16.4. The van der Waals surface area contributed by atoms with Crippen molar-refractivity contribution in [3.8, 4) is 0 Å². The summed E-state index contributed by atoms with van der Waals surface area (Å²) < 4.78 is 0. The molecule has 2 N–H and O–H groups in total. The third kappa shape index (κ3) is 2.13. The van der Waals surface area contributed by atoms with Crippen LogP contribution in [0.25, 0.3) is 0 Å². The maximum Gasteiger partial charge on any atom is 0.0601 e. The van der Waals surface area contributed by atoms with Crippen molar-refractivity contribution in [3.05, 3.63) is 0 Å². The second-order valence-corrected chi connectivity index (χ2v) is 9.98. The van der Waals surface area contributed by atoms with E-state index >= 15 is 0 Å². The van der Waals surface area contributed by atoms with E-state index in [4.69, 9.17) is 0 Å². The standard InChI is InChI=1S/C21H36O2/c1-13(2)21-11-9-17-16(18(21)6-7-19(21)23)5-4-14-12-15(22)8-10-20(14,17)3/h13-19,22-23H,4-12H2,1-3H3/t14-,15?,16+,17-,18-,19-,20-,21+/m0/s1. The minimum atomic E-state index is -0.0628. The fourth-order valence-electron chi connectivity index (χ4n) is 8.04. The molecule has 1 unspecified atom stereocenters. The summed E-state index contributed by atoms with van der Waals surface area (Å²) in [6.45, 7) is 7.26. The molecule has 0 bridgehead atoms. The van der Waals surface area contributed by atoms with E-state index in [1.807, 2.05) is 0 Å².